The molecular formula is C17H28N2O2S. The van der Waals surface area contributed by atoms with Gasteiger partial charge in [-0.25, -0.2) is 4.79 Å². The summed E-state index contributed by atoms with van der Waals surface area (Å²) < 4.78 is 5.45. The molecule has 124 valence electrons. The molecule has 1 N–H and O–H groups in total. The highest BCUT2D eigenvalue weighted by Crippen LogP contribution is 2.24. The molecule has 0 aromatic carbocycles. The van der Waals surface area contributed by atoms with Crippen LogP contribution in [0.3, 0.4) is 0 Å². The van der Waals surface area contributed by atoms with Gasteiger partial charge in [-0.15, -0.1) is 11.3 Å². The van der Waals surface area contributed by atoms with Crippen molar-refractivity contribution >= 4 is 17.4 Å². The van der Waals surface area contributed by atoms with Gasteiger partial charge in [-0.1, -0.05) is 6.07 Å². The second-order valence-corrected chi connectivity index (χ2v) is 8.09. The molecule has 1 amide bonds. The number of amides is 1. The summed E-state index contributed by atoms with van der Waals surface area (Å²) in [7, 11) is 1.86. The zero-order chi connectivity index (χ0) is 16.2. The quantitative estimate of drug-likeness (QED) is 0.909. The number of thiophene rings is 1. The largest absolute Gasteiger partial charge is 0.444 e. The molecule has 1 aliphatic rings. The lowest BCUT2D eigenvalue weighted by molar-refractivity contribution is 0.0179. The predicted octanol–water partition coefficient (Wildman–Crippen LogP) is 4.02. The van der Waals surface area contributed by atoms with Crippen molar-refractivity contribution in [1.82, 2.24) is 10.2 Å². The molecule has 1 saturated carbocycles. The van der Waals surface area contributed by atoms with E-state index in [1.54, 1.807) is 16.2 Å². The van der Waals surface area contributed by atoms with E-state index >= 15 is 0 Å². The Hall–Kier alpha value is -1.07. The Morgan fingerprint density at radius 3 is 2.59 bits per heavy atom. The van der Waals surface area contributed by atoms with Crippen LogP contribution in [0.15, 0.2) is 17.5 Å². The van der Waals surface area contributed by atoms with Crippen molar-refractivity contribution in [3.05, 3.63) is 22.4 Å². The Morgan fingerprint density at radius 1 is 1.36 bits per heavy atom. The van der Waals surface area contributed by atoms with Crippen LogP contribution in [0.1, 0.15) is 51.3 Å². The highest BCUT2D eigenvalue weighted by atomic mass is 32.1. The average molecular weight is 324 g/mol. The fourth-order valence-electron chi connectivity index (χ4n) is 2.81. The van der Waals surface area contributed by atoms with Crippen LogP contribution >= 0.6 is 11.3 Å². The van der Waals surface area contributed by atoms with Crippen LogP contribution in [0.4, 0.5) is 4.79 Å². The molecule has 4 nitrogen and oxygen atoms in total. The summed E-state index contributed by atoms with van der Waals surface area (Å²) in [5.74, 6) is 0. The number of hydrogen-bond acceptors (Lipinski definition) is 4. The van der Waals surface area contributed by atoms with Gasteiger partial charge in [0, 0.05) is 30.6 Å². The maximum Gasteiger partial charge on any atom is 0.410 e. The maximum absolute atomic E-state index is 12.1. The van der Waals surface area contributed by atoms with Gasteiger partial charge in [-0.3, -0.25) is 0 Å². The number of carbonyl (C=O) groups is 1. The lowest BCUT2D eigenvalue weighted by atomic mass is 9.90. The average Bonchev–Trinajstić information content (AvgIpc) is 2.96. The van der Waals surface area contributed by atoms with Crippen LogP contribution in [-0.4, -0.2) is 35.7 Å². The fraction of sp³-hybridized carbons (Fsp3) is 0.706. The molecule has 1 aromatic heterocycles. The molecule has 1 heterocycles. The molecule has 2 rings (SSSR count). The summed E-state index contributed by atoms with van der Waals surface area (Å²) >= 11 is 1.79. The first-order chi connectivity index (χ1) is 10.3. The Labute approximate surface area is 137 Å². The summed E-state index contributed by atoms with van der Waals surface area (Å²) in [5, 5.41) is 5.74. The molecule has 0 unspecified atom stereocenters. The Kier molecular flexibility index (Phi) is 5.87. The molecule has 0 aliphatic heterocycles. The van der Waals surface area contributed by atoms with Crippen LogP contribution in [0.25, 0.3) is 0 Å². The lowest BCUT2D eigenvalue weighted by Crippen LogP contribution is -2.44. The molecule has 0 bridgehead atoms. The summed E-state index contributed by atoms with van der Waals surface area (Å²) in [6.07, 6.45) is 4.10. The Balaban J connectivity index is 1.73. The van der Waals surface area contributed by atoms with Crippen LogP contribution < -0.4 is 5.32 Å². The third-order valence-corrected chi connectivity index (χ3v) is 4.95. The van der Waals surface area contributed by atoms with E-state index in [2.05, 4.69) is 22.8 Å². The van der Waals surface area contributed by atoms with E-state index in [9.17, 15) is 4.79 Å². The molecule has 22 heavy (non-hydrogen) atoms. The van der Waals surface area contributed by atoms with Crippen molar-refractivity contribution in [1.29, 1.82) is 0 Å². The smallest absolute Gasteiger partial charge is 0.410 e. The van der Waals surface area contributed by atoms with Gasteiger partial charge in [0.25, 0.3) is 0 Å². The molecule has 1 fully saturated rings. The van der Waals surface area contributed by atoms with E-state index in [1.165, 1.54) is 4.88 Å². The van der Waals surface area contributed by atoms with Gasteiger partial charge in [-0.2, -0.15) is 0 Å². The van der Waals surface area contributed by atoms with Gasteiger partial charge in [0.15, 0.2) is 0 Å². The second-order valence-electron chi connectivity index (χ2n) is 7.06. The van der Waals surface area contributed by atoms with E-state index in [-0.39, 0.29) is 6.09 Å². The molecule has 5 heteroatoms. The molecule has 0 spiro atoms. The number of nitrogens with one attached hydrogen (secondary N) is 1. The molecule has 1 aliphatic carbocycles. The number of ether oxygens (including phenoxy) is 1. The van der Waals surface area contributed by atoms with Gasteiger partial charge in [0.1, 0.15) is 5.60 Å². The fourth-order valence-corrected chi connectivity index (χ4v) is 3.46. The minimum absolute atomic E-state index is 0.206. The van der Waals surface area contributed by atoms with Gasteiger partial charge in [0.05, 0.1) is 0 Å². The molecule has 0 saturated heterocycles. The van der Waals surface area contributed by atoms with Gasteiger partial charge < -0.3 is 15.0 Å². The number of rotatable bonds is 4. The zero-order valence-corrected chi connectivity index (χ0v) is 14.9. The molecular weight excluding hydrogens is 296 g/mol. The van der Waals surface area contributed by atoms with Crippen LogP contribution in [-0.2, 0) is 11.3 Å². The number of carbonyl (C=O) groups excluding carboxylic acids is 1. The van der Waals surface area contributed by atoms with Crippen molar-refractivity contribution in [3.8, 4) is 0 Å². The summed E-state index contributed by atoms with van der Waals surface area (Å²) in [6, 6.07) is 5.12. The van der Waals surface area contributed by atoms with E-state index < -0.39 is 5.60 Å². The second kappa shape index (κ2) is 7.47. The first-order valence-corrected chi connectivity index (χ1v) is 8.94. The predicted molar refractivity (Wildman–Crippen MR) is 91.2 cm³/mol. The van der Waals surface area contributed by atoms with Crippen LogP contribution in [0, 0.1) is 0 Å². The minimum atomic E-state index is -0.426. The van der Waals surface area contributed by atoms with E-state index in [0.29, 0.717) is 12.1 Å². The molecule has 0 radical (unpaired) electrons. The topological polar surface area (TPSA) is 41.6 Å². The number of nitrogens with zero attached hydrogens (tertiary/aromatic N) is 1. The van der Waals surface area contributed by atoms with Crippen molar-refractivity contribution in [2.75, 3.05) is 7.05 Å². The normalized spacial score (nSPS) is 22.4. The zero-order valence-electron chi connectivity index (χ0n) is 14.1. The lowest BCUT2D eigenvalue weighted by Gasteiger charge is -2.35. The van der Waals surface area contributed by atoms with E-state index in [4.69, 9.17) is 4.74 Å². The maximum atomic E-state index is 12.1. The minimum Gasteiger partial charge on any atom is -0.444 e. The van der Waals surface area contributed by atoms with Gasteiger partial charge in [0.2, 0.25) is 0 Å². The van der Waals surface area contributed by atoms with Gasteiger partial charge >= 0.3 is 6.09 Å². The van der Waals surface area contributed by atoms with E-state index in [1.807, 2.05) is 27.8 Å². The van der Waals surface area contributed by atoms with Gasteiger partial charge in [-0.05, 0) is 57.9 Å². The van der Waals surface area contributed by atoms with Crippen molar-refractivity contribution in [3.63, 3.8) is 0 Å². The monoisotopic (exact) mass is 324 g/mol. The van der Waals surface area contributed by atoms with Crippen molar-refractivity contribution in [2.45, 2.75) is 70.7 Å². The Morgan fingerprint density at radius 2 is 2.05 bits per heavy atom. The van der Waals surface area contributed by atoms with E-state index in [0.717, 1.165) is 32.2 Å². The van der Waals surface area contributed by atoms with Crippen molar-refractivity contribution < 1.29 is 9.53 Å². The molecule has 0 atom stereocenters. The molecule has 1 aromatic rings. The highest BCUT2D eigenvalue weighted by molar-refractivity contribution is 7.09. The third kappa shape index (κ3) is 5.29. The standard InChI is InChI=1S/C17H28N2O2S/c1-17(2,3)21-16(20)19(4)14-9-7-13(8-10-14)18-12-15-6-5-11-22-15/h5-6,11,13-14,18H,7-10,12H2,1-4H3. The summed E-state index contributed by atoms with van der Waals surface area (Å²) in [6.45, 7) is 6.67. The third-order valence-electron chi connectivity index (χ3n) is 4.07. The van der Waals surface area contributed by atoms with Crippen LogP contribution in [0.5, 0.6) is 0 Å². The van der Waals surface area contributed by atoms with Crippen LogP contribution in [0.2, 0.25) is 0 Å². The summed E-state index contributed by atoms with van der Waals surface area (Å²) in [4.78, 5) is 15.3. The highest BCUT2D eigenvalue weighted by Gasteiger charge is 2.29. The first-order valence-electron chi connectivity index (χ1n) is 8.07. The summed E-state index contributed by atoms with van der Waals surface area (Å²) in [5.41, 5.74) is -0.426. The first kappa shape index (κ1) is 17.3. The number of hydrogen-bond donors (Lipinski definition) is 1. The Bertz CT molecular complexity index is 460. The SMILES string of the molecule is CN(C(=O)OC(C)(C)C)C1CCC(NCc2cccs2)CC1. The van der Waals surface area contributed by atoms with Crippen molar-refractivity contribution in [2.24, 2.45) is 0 Å².